The first kappa shape index (κ1) is 16.2. The molecule has 0 aliphatic rings. The molecule has 2 aromatic carbocycles. The van der Waals surface area contributed by atoms with Crippen LogP contribution in [0.15, 0.2) is 48.5 Å². The highest BCUT2D eigenvalue weighted by atomic mass is 35.5. The molecule has 0 bridgehead atoms. The average Bonchev–Trinajstić information content (AvgIpc) is 2.54. The number of urea groups is 1. The van der Waals surface area contributed by atoms with Crippen molar-refractivity contribution in [2.75, 3.05) is 7.11 Å². The van der Waals surface area contributed by atoms with E-state index in [0.29, 0.717) is 11.6 Å². The fourth-order valence-electron chi connectivity index (χ4n) is 2.04. The van der Waals surface area contributed by atoms with Crippen LogP contribution in [0.3, 0.4) is 0 Å². The number of carbonyl (C=O) groups excluding carboxylic acids is 1. The number of carbonyl (C=O) groups is 1. The fraction of sp³-hybridized carbons (Fsp3) is 0.235. The van der Waals surface area contributed by atoms with Crippen LogP contribution < -0.4 is 15.4 Å². The smallest absolute Gasteiger partial charge is 0.315 e. The topological polar surface area (TPSA) is 50.4 Å². The summed E-state index contributed by atoms with van der Waals surface area (Å²) in [4.78, 5) is 11.9. The highest BCUT2D eigenvalue weighted by molar-refractivity contribution is 6.31. The molecular weight excluding hydrogens is 300 g/mol. The zero-order valence-corrected chi connectivity index (χ0v) is 13.4. The molecule has 2 N–H and O–H groups in total. The number of benzene rings is 2. The summed E-state index contributed by atoms with van der Waals surface area (Å²) >= 11 is 6.05. The second-order valence-electron chi connectivity index (χ2n) is 4.91. The van der Waals surface area contributed by atoms with Gasteiger partial charge in [-0.2, -0.15) is 0 Å². The summed E-state index contributed by atoms with van der Waals surface area (Å²) in [6.45, 7) is 2.32. The Morgan fingerprint density at radius 2 is 1.86 bits per heavy atom. The van der Waals surface area contributed by atoms with Gasteiger partial charge in [-0.05, 0) is 36.2 Å². The van der Waals surface area contributed by atoms with E-state index >= 15 is 0 Å². The molecule has 1 atom stereocenters. The molecule has 0 saturated heterocycles. The Bertz CT molecular complexity index is 629. The Morgan fingerprint density at radius 1 is 1.18 bits per heavy atom. The Hall–Kier alpha value is -2.20. The van der Waals surface area contributed by atoms with Crippen LogP contribution in [0.4, 0.5) is 4.79 Å². The van der Waals surface area contributed by atoms with Crippen LogP contribution in [0, 0.1) is 0 Å². The molecule has 0 aliphatic carbocycles. The van der Waals surface area contributed by atoms with Gasteiger partial charge in [0.2, 0.25) is 0 Å². The summed E-state index contributed by atoms with van der Waals surface area (Å²) in [5.74, 6) is 0.791. The zero-order valence-electron chi connectivity index (χ0n) is 12.6. The number of hydrogen-bond donors (Lipinski definition) is 2. The van der Waals surface area contributed by atoms with Gasteiger partial charge >= 0.3 is 6.03 Å². The number of amides is 2. The predicted molar refractivity (Wildman–Crippen MR) is 88.2 cm³/mol. The van der Waals surface area contributed by atoms with Crippen molar-refractivity contribution < 1.29 is 9.53 Å². The van der Waals surface area contributed by atoms with Gasteiger partial charge < -0.3 is 15.4 Å². The van der Waals surface area contributed by atoms with E-state index in [1.165, 1.54) is 0 Å². The average molecular weight is 319 g/mol. The number of hydrogen-bond acceptors (Lipinski definition) is 2. The summed E-state index contributed by atoms with van der Waals surface area (Å²) in [7, 11) is 1.62. The van der Waals surface area contributed by atoms with Gasteiger partial charge in [-0.3, -0.25) is 0 Å². The number of ether oxygens (including phenoxy) is 1. The molecule has 4 nitrogen and oxygen atoms in total. The van der Waals surface area contributed by atoms with Crippen molar-refractivity contribution in [2.24, 2.45) is 0 Å². The standard InChI is InChI=1S/C17H19ClN2O2/c1-12(13-7-9-15(22-2)10-8-13)20-17(21)19-11-14-5-3-4-6-16(14)18/h3-10,12H,11H2,1-2H3,(H2,19,20,21). The van der Waals surface area contributed by atoms with Crippen molar-refractivity contribution in [1.29, 1.82) is 0 Å². The van der Waals surface area contributed by atoms with Crippen LogP contribution in [0.25, 0.3) is 0 Å². The lowest BCUT2D eigenvalue weighted by Crippen LogP contribution is -2.36. The van der Waals surface area contributed by atoms with Gasteiger partial charge in [-0.15, -0.1) is 0 Å². The van der Waals surface area contributed by atoms with E-state index in [2.05, 4.69) is 10.6 Å². The maximum Gasteiger partial charge on any atom is 0.315 e. The van der Waals surface area contributed by atoms with Crippen molar-refractivity contribution in [3.05, 3.63) is 64.7 Å². The van der Waals surface area contributed by atoms with E-state index in [1.807, 2.05) is 49.4 Å². The summed E-state index contributed by atoms with van der Waals surface area (Å²) in [5.41, 5.74) is 1.89. The molecule has 2 amide bonds. The fourth-order valence-corrected chi connectivity index (χ4v) is 2.24. The Kier molecular flexibility index (Phi) is 5.67. The molecule has 2 rings (SSSR count). The van der Waals surface area contributed by atoms with Crippen molar-refractivity contribution in [2.45, 2.75) is 19.5 Å². The molecule has 2 aromatic rings. The quantitative estimate of drug-likeness (QED) is 0.878. The number of nitrogens with one attached hydrogen (secondary N) is 2. The maximum absolute atomic E-state index is 11.9. The van der Waals surface area contributed by atoms with E-state index < -0.39 is 0 Å². The third kappa shape index (κ3) is 4.40. The number of halogens is 1. The largest absolute Gasteiger partial charge is 0.497 e. The minimum absolute atomic E-state index is 0.0999. The zero-order chi connectivity index (χ0) is 15.9. The molecular formula is C17H19ClN2O2. The van der Waals surface area contributed by atoms with E-state index in [4.69, 9.17) is 16.3 Å². The monoisotopic (exact) mass is 318 g/mol. The molecule has 0 heterocycles. The molecule has 116 valence electrons. The highest BCUT2D eigenvalue weighted by Gasteiger charge is 2.09. The normalized spacial score (nSPS) is 11.6. The van der Waals surface area contributed by atoms with E-state index in [9.17, 15) is 4.79 Å². The van der Waals surface area contributed by atoms with E-state index in [1.54, 1.807) is 13.2 Å². The molecule has 0 fully saturated rings. The molecule has 22 heavy (non-hydrogen) atoms. The Morgan fingerprint density at radius 3 is 2.50 bits per heavy atom. The molecule has 0 aromatic heterocycles. The highest BCUT2D eigenvalue weighted by Crippen LogP contribution is 2.17. The van der Waals surface area contributed by atoms with Gasteiger partial charge in [0.25, 0.3) is 0 Å². The van der Waals surface area contributed by atoms with Crippen LogP contribution in [0.2, 0.25) is 5.02 Å². The first-order chi connectivity index (χ1) is 10.6. The van der Waals surface area contributed by atoms with Gasteiger partial charge in [0, 0.05) is 11.6 Å². The summed E-state index contributed by atoms with van der Waals surface area (Å²) in [5, 5.41) is 6.34. The Balaban J connectivity index is 1.87. The van der Waals surface area contributed by atoms with Crippen LogP contribution in [-0.4, -0.2) is 13.1 Å². The summed E-state index contributed by atoms with van der Waals surface area (Å²) in [6, 6.07) is 14.7. The second kappa shape index (κ2) is 7.71. The number of methoxy groups -OCH3 is 1. The first-order valence-corrected chi connectivity index (χ1v) is 7.39. The summed E-state index contributed by atoms with van der Waals surface area (Å²) < 4.78 is 5.12. The van der Waals surface area contributed by atoms with Crippen LogP contribution >= 0.6 is 11.6 Å². The Labute approximate surface area is 135 Å². The van der Waals surface area contributed by atoms with Gasteiger partial charge in [0.1, 0.15) is 5.75 Å². The maximum atomic E-state index is 11.9. The lowest BCUT2D eigenvalue weighted by molar-refractivity contribution is 0.237. The second-order valence-corrected chi connectivity index (χ2v) is 5.32. The van der Waals surface area contributed by atoms with Crippen LogP contribution in [-0.2, 0) is 6.54 Å². The van der Waals surface area contributed by atoms with Gasteiger partial charge in [0.15, 0.2) is 0 Å². The minimum atomic E-state index is -0.233. The van der Waals surface area contributed by atoms with Gasteiger partial charge in [-0.1, -0.05) is 41.9 Å². The molecule has 0 radical (unpaired) electrons. The third-order valence-corrected chi connectivity index (χ3v) is 3.73. The van der Waals surface area contributed by atoms with Gasteiger partial charge in [-0.25, -0.2) is 4.79 Å². The molecule has 0 spiro atoms. The van der Waals surface area contributed by atoms with Crippen molar-refractivity contribution in [3.63, 3.8) is 0 Å². The molecule has 5 heteroatoms. The minimum Gasteiger partial charge on any atom is -0.497 e. The van der Waals surface area contributed by atoms with Crippen molar-refractivity contribution >= 4 is 17.6 Å². The van der Waals surface area contributed by atoms with E-state index in [-0.39, 0.29) is 12.1 Å². The van der Waals surface area contributed by atoms with Crippen molar-refractivity contribution in [1.82, 2.24) is 10.6 Å². The van der Waals surface area contributed by atoms with Crippen LogP contribution in [0.5, 0.6) is 5.75 Å². The SMILES string of the molecule is COc1ccc(C(C)NC(=O)NCc2ccccc2Cl)cc1. The predicted octanol–water partition coefficient (Wildman–Crippen LogP) is 3.91. The van der Waals surface area contributed by atoms with E-state index in [0.717, 1.165) is 16.9 Å². The van der Waals surface area contributed by atoms with Gasteiger partial charge in [0.05, 0.1) is 13.2 Å². The lowest BCUT2D eigenvalue weighted by Gasteiger charge is -2.15. The lowest BCUT2D eigenvalue weighted by atomic mass is 10.1. The number of rotatable bonds is 5. The molecule has 1 unspecified atom stereocenters. The van der Waals surface area contributed by atoms with Crippen molar-refractivity contribution in [3.8, 4) is 5.75 Å². The molecule has 0 saturated carbocycles. The van der Waals surface area contributed by atoms with Crippen LogP contribution in [0.1, 0.15) is 24.1 Å². The molecule has 0 aliphatic heterocycles. The first-order valence-electron chi connectivity index (χ1n) is 7.02. The third-order valence-electron chi connectivity index (χ3n) is 3.36. The summed E-state index contributed by atoms with van der Waals surface area (Å²) in [6.07, 6.45) is 0.